The van der Waals surface area contributed by atoms with Crippen LogP contribution < -0.4 is 0 Å². The van der Waals surface area contributed by atoms with Gasteiger partial charge >= 0.3 is 0 Å². The molecule has 49 heavy (non-hydrogen) atoms. The second-order valence-electron chi connectivity index (χ2n) is 14.0. The van der Waals surface area contributed by atoms with Crippen LogP contribution >= 0.6 is 0 Å². The van der Waals surface area contributed by atoms with E-state index in [1.807, 2.05) is 0 Å². The Labute approximate surface area is 286 Å². The summed E-state index contributed by atoms with van der Waals surface area (Å²) in [7, 11) is 0. The van der Waals surface area contributed by atoms with Crippen molar-refractivity contribution in [2.75, 3.05) is 0 Å². The van der Waals surface area contributed by atoms with E-state index in [1.54, 1.807) is 0 Å². The van der Waals surface area contributed by atoms with Gasteiger partial charge in [0.1, 0.15) is 0 Å². The Morgan fingerprint density at radius 1 is 0.306 bits per heavy atom. The molecule has 0 spiro atoms. The van der Waals surface area contributed by atoms with E-state index in [-0.39, 0.29) is 5.41 Å². The minimum absolute atomic E-state index is 0.0767. The molecule has 0 aromatic heterocycles. The molecular formula is C49H34. The fourth-order valence-corrected chi connectivity index (χ4v) is 8.71. The van der Waals surface area contributed by atoms with Crippen molar-refractivity contribution >= 4 is 43.1 Å². The topological polar surface area (TPSA) is 0 Å². The molecule has 230 valence electrons. The molecule has 0 bridgehead atoms. The fraction of sp³-hybridized carbons (Fsp3) is 0.0612. The first-order valence-corrected chi connectivity index (χ1v) is 17.3. The Hall–Kier alpha value is -5.98. The molecule has 10 rings (SSSR count). The lowest BCUT2D eigenvalue weighted by atomic mass is 9.80. The zero-order valence-electron chi connectivity index (χ0n) is 27.7. The summed E-state index contributed by atoms with van der Waals surface area (Å²) in [5.41, 5.74) is 13.1. The van der Waals surface area contributed by atoms with Crippen LogP contribution in [-0.2, 0) is 5.41 Å². The van der Waals surface area contributed by atoms with E-state index in [4.69, 9.17) is 0 Å². The van der Waals surface area contributed by atoms with Crippen LogP contribution in [0.1, 0.15) is 25.0 Å². The van der Waals surface area contributed by atoms with Gasteiger partial charge in [-0.15, -0.1) is 0 Å². The third kappa shape index (κ3) is 4.11. The zero-order chi connectivity index (χ0) is 32.7. The van der Waals surface area contributed by atoms with Crippen molar-refractivity contribution in [1.29, 1.82) is 0 Å². The van der Waals surface area contributed by atoms with Gasteiger partial charge in [-0.1, -0.05) is 172 Å². The van der Waals surface area contributed by atoms with Gasteiger partial charge in [-0.3, -0.25) is 0 Å². The summed E-state index contributed by atoms with van der Waals surface area (Å²) in [6.45, 7) is 4.75. The normalized spacial score (nSPS) is 13.3. The highest BCUT2D eigenvalue weighted by atomic mass is 14.4. The Morgan fingerprint density at radius 3 is 1.67 bits per heavy atom. The summed E-state index contributed by atoms with van der Waals surface area (Å²) < 4.78 is 0. The van der Waals surface area contributed by atoms with Crippen LogP contribution in [0.25, 0.3) is 87.6 Å². The standard InChI is InChI=1S/C49H34/c1-49(2)44-23-10-9-20-41(44)48-42(22-12-24-45(48)49)47-39-19-8-7-18-38(39)46(37-21-11-16-32-14-5-6-17-36(32)37)40-28-27-35(30-43(40)47)34-26-25-31-13-3-4-15-33(31)29-34/h3-30H,1-2H3. The summed E-state index contributed by atoms with van der Waals surface area (Å²) in [5, 5.41) is 10.2. The predicted molar refractivity (Wildman–Crippen MR) is 210 cm³/mol. The summed E-state index contributed by atoms with van der Waals surface area (Å²) in [6, 6.07) is 63.3. The number of rotatable bonds is 3. The van der Waals surface area contributed by atoms with Crippen molar-refractivity contribution in [1.82, 2.24) is 0 Å². The van der Waals surface area contributed by atoms with Gasteiger partial charge < -0.3 is 0 Å². The average Bonchev–Trinajstić information content (AvgIpc) is 3.39. The molecular weight excluding hydrogens is 589 g/mol. The Balaban J connectivity index is 1.37. The van der Waals surface area contributed by atoms with Crippen molar-refractivity contribution in [3.63, 3.8) is 0 Å². The van der Waals surface area contributed by atoms with Crippen molar-refractivity contribution in [3.8, 4) is 44.5 Å². The van der Waals surface area contributed by atoms with Gasteiger partial charge in [0.25, 0.3) is 0 Å². The van der Waals surface area contributed by atoms with Crippen LogP contribution in [0.15, 0.2) is 170 Å². The molecule has 0 fully saturated rings. The van der Waals surface area contributed by atoms with Crippen molar-refractivity contribution in [2.45, 2.75) is 19.3 Å². The van der Waals surface area contributed by atoms with Crippen LogP contribution in [0, 0.1) is 0 Å². The Morgan fingerprint density at radius 2 is 0.837 bits per heavy atom. The summed E-state index contributed by atoms with van der Waals surface area (Å²) in [4.78, 5) is 0. The van der Waals surface area contributed by atoms with E-state index < -0.39 is 0 Å². The molecule has 1 aliphatic carbocycles. The quantitative estimate of drug-likeness (QED) is 0.172. The van der Waals surface area contributed by atoms with Crippen molar-refractivity contribution < 1.29 is 0 Å². The molecule has 0 heterocycles. The lowest BCUT2D eigenvalue weighted by molar-refractivity contribution is 0.660. The Kier molecular flexibility index (Phi) is 6.02. The molecule has 0 heteroatoms. The van der Waals surface area contributed by atoms with E-state index in [0.717, 1.165) is 0 Å². The summed E-state index contributed by atoms with van der Waals surface area (Å²) in [6.07, 6.45) is 0. The van der Waals surface area contributed by atoms with Crippen molar-refractivity contribution in [3.05, 3.63) is 181 Å². The van der Waals surface area contributed by atoms with Crippen LogP contribution in [0.5, 0.6) is 0 Å². The summed E-state index contributed by atoms with van der Waals surface area (Å²) >= 11 is 0. The van der Waals surface area contributed by atoms with Gasteiger partial charge in [0.2, 0.25) is 0 Å². The smallest absolute Gasteiger partial charge is 0.0159 e. The lowest BCUT2D eigenvalue weighted by Gasteiger charge is -2.23. The van der Waals surface area contributed by atoms with Gasteiger partial charge in [-0.2, -0.15) is 0 Å². The van der Waals surface area contributed by atoms with Crippen LogP contribution in [0.4, 0.5) is 0 Å². The number of fused-ring (bicyclic) bond motifs is 7. The number of hydrogen-bond donors (Lipinski definition) is 0. The minimum atomic E-state index is -0.0767. The molecule has 1 aliphatic rings. The van der Waals surface area contributed by atoms with Gasteiger partial charge in [0.15, 0.2) is 0 Å². The molecule has 0 radical (unpaired) electrons. The maximum absolute atomic E-state index is 2.46. The molecule has 0 aliphatic heterocycles. The first-order valence-electron chi connectivity index (χ1n) is 17.3. The maximum atomic E-state index is 2.46. The molecule has 0 N–H and O–H groups in total. The highest BCUT2D eigenvalue weighted by Gasteiger charge is 2.37. The van der Waals surface area contributed by atoms with E-state index in [9.17, 15) is 0 Å². The SMILES string of the molecule is CC1(C)c2ccccc2-c2c(-c3c4ccccc4c(-c4cccc5ccccc45)c4ccc(-c5ccc6ccccc6c5)cc34)cccc21. The highest BCUT2D eigenvalue weighted by Crippen LogP contribution is 2.55. The molecule has 0 saturated heterocycles. The molecule has 0 nitrogen and oxygen atoms in total. The second kappa shape index (κ2) is 10.5. The van der Waals surface area contributed by atoms with E-state index >= 15 is 0 Å². The zero-order valence-corrected chi connectivity index (χ0v) is 27.7. The Bertz CT molecular complexity index is 2790. The largest absolute Gasteiger partial charge is 0.0619 e. The van der Waals surface area contributed by atoms with Gasteiger partial charge in [0, 0.05) is 5.41 Å². The number of benzene rings is 9. The van der Waals surface area contributed by atoms with Crippen LogP contribution in [-0.4, -0.2) is 0 Å². The van der Waals surface area contributed by atoms with Crippen LogP contribution in [0.3, 0.4) is 0 Å². The summed E-state index contributed by atoms with van der Waals surface area (Å²) in [5.74, 6) is 0. The van der Waals surface area contributed by atoms with Crippen molar-refractivity contribution in [2.24, 2.45) is 0 Å². The first-order chi connectivity index (χ1) is 24.1. The van der Waals surface area contributed by atoms with E-state index in [1.165, 1.54) is 98.7 Å². The maximum Gasteiger partial charge on any atom is 0.0159 e. The van der Waals surface area contributed by atoms with E-state index in [2.05, 4.69) is 184 Å². The number of hydrogen-bond acceptors (Lipinski definition) is 0. The molecule has 0 amide bonds. The predicted octanol–water partition coefficient (Wildman–Crippen LogP) is 13.6. The lowest BCUT2D eigenvalue weighted by Crippen LogP contribution is -2.14. The van der Waals surface area contributed by atoms with E-state index in [0.29, 0.717) is 0 Å². The van der Waals surface area contributed by atoms with Crippen LogP contribution in [0.2, 0.25) is 0 Å². The second-order valence-corrected chi connectivity index (χ2v) is 14.0. The third-order valence-corrected chi connectivity index (χ3v) is 11.0. The van der Waals surface area contributed by atoms with Gasteiger partial charge in [-0.05, 0) is 111 Å². The molecule has 0 saturated carbocycles. The molecule has 0 atom stereocenters. The van der Waals surface area contributed by atoms with Gasteiger partial charge in [0.05, 0.1) is 0 Å². The molecule has 0 unspecified atom stereocenters. The minimum Gasteiger partial charge on any atom is -0.0619 e. The average molecular weight is 623 g/mol. The monoisotopic (exact) mass is 622 g/mol. The molecule has 9 aromatic rings. The fourth-order valence-electron chi connectivity index (χ4n) is 8.71. The van der Waals surface area contributed by atoms with Gasteiger partial charge in [-0.25, -0.2) is 0 Å². The first kappa shape index (κ1) is 28.1. The molecule has 9 aromatic carbocycles. The third-order valence-electron chi connectivity index (χ3n) is 11.0. The highest BCUT2D eigenvalue weighted by molar-refractivity contribution is 6.25.